The Bertz CT molecular complexity index is 749. The molecule has 0 atom stereocenters. The molecule has 2 heterocycles. The summed E-state index contributed by atoms with van der Waals surface area (Å²) in [4.78, 5) is 7.36. The van der Waals surface area contributed by atoms with Crippen LogP contribution < -0.4 is 0 Å². The summed E-state index contributed by atoms with van der Waals surface area (Å²) in [7, 11) is 0. The number of aryl methyl sites for hydroxylation is 1. The van der Waals surface area contributed by atoms with Gasteiger partial charge in [-0.2, -0.15) is 0 Å². The van der Waals surface area contributed by atoms with Crippen molar-refractivity contribution in [3.8, 4) is 0 Å². The zero-order valence-electron chi connectivity index (χ0n) is 10.4. The number of rotatable bonds is 2. The summed E-state index contributed by atoms with van der Waals surface area (Å²) in [6.45, 7) is 1.96. The Hall–Kier alpha value is -1.87. The van der Waals surface area contributed by atoms with Crippen LogP contribution in [0.1, 0.15) is 16.8 Å². The largest absolute Gasteiger partial charge is 0.358 e. The Morgan fingerprint density at radius 1 is 1.26 bits per heavy atom. The Morgan fingerprint density at radius 3 is 2.84 bits per heavy atom. The van der Waals surface area contributed by atoms with E-state index >= 15 is 0 Å². The van der Waals surface area contributed by atoms with Crippen molar-refractivity contribution in [2.75, 3.05) is 0 Å². The van der Waals surface area contributed by atoms with Gasteiger partial charge < -0.3 is 4.98 Å². The maximum atomic E-state index is 13.8. The van der Waals surface area contributed by atoms with Crippen LogP contribution >= 0.6 is 11.6 Å². The van der Waals surface area contributed by atoms with Crippen LogP contribution in [0.4, 0.5) is 4.39 Å². The minimum absolute atomic E-state index is 0.198. The van der Waals surface area contributed by atoms with Crippen LogP contribution in [0.15, 0.2) is 36.5 Å². The van der Waals surface area contributed by atoms with E-state index in [1.165, 1.54) is 6.07 Å². The molecule has 0 aliphatic heterocycles. The SMILES string of the molecule is Cc1[nH]c2ccnc(Cl)c2c1Cc1ccccc1F. The van der Waals surface area contributed by atoms with Gasteiger partial charge in [-0.1, -0.05) is 29.8 Å². The molecule has 2 nitrogen and oxygen atoms in total. The van der Waals surface area contributed by atoms with Crippen LogP contribution in [0.5, 0.6) is 0 Å². The van der Waals surface area contributed by atoms with E-state index in [2.05, 4.69) is 9.97 Å². The van der Waals surface area contributed by atoms with E-state index in [4.69, 9.17) is 11.6 Å². The molecule has 0 aliphatic carbocycles. The Kier molecular flexibility index (Phi) is 2.99. The fourth-order valence-corrected chi connectivity index (χ4v) is 2.62. The molecule has 0 bridgehead atoms. The zero-order chi connectivity index (χ0) is 13.4. The fourth-order valence-electron chi connectivity index (χ4n) is 2.35. The molecule has 0 radical (unpaired) electrons. The van der Waals surface area contributed by atoms with E-state index in [1.807, 2.05) is 19.1 Å². The standard InChI is InChI=1S/C15H12ClFN2/c1-9-11(8-10-4-2-3-5-12(10)17)14-13(19-9)6-7-18-15(14)16/h2-7,19H,8H2,1H3. The molecule has 19 heavy (non-hydrogen) atoms. The number of fused-ring (bicyclic) bond motifs is 1. The molecule has 3 rings (SSSR count). The predicted octanol–water partition coefficient (Wildman–Crippen LogP) is 4.25. The number of aromatic nitrogens is 2. The third kappa shape index (κ3) is 2.10. The summed E-state index contributed by atoms with van der Waals surface area (Å²) in [6.07, 6.45) is 2.16. The number of H-pyrrole nitrogens is 1. The van der Waals surface area contributed by atoms with Crippen LogP contribution in [0.25, 0.3) is 10.9 Å². The van der Waals surface area contributed by atoms with Gasteiger partial charge in [-0.05, 0) is 30.2 Å². The molecule has 4 heteroatoms. The van der Waals surface area contributed by atoms with Crippen molar-refractivity contribution in [1.82, 2.24) is 9.97 Å². The van der Waals surface area contributed by atoms with Crippen LogP contribution in [-0.4, -0.2) is 9.97 Å². The lowest BCUT2D eigenvalue weighted by Crippen LogP contribution is -1.93. The van der Waals surface area contributed by atoms with Crippen molar-refractivity contribution in [2.24, 2.45) is 0 Å². The maximum Gasteiger partial charge on any atom is 0.138 e. The van der Waals surface area contributed by atoms with Gasteiger partial charge in [0.1, 0.15) is 11.0 Å². The Labute approximate surface area is 115 Å². The monoisotopic (exact) mass is 274 g/mol. The van der Waals surface area contributed by atoms with Crippen molar-refractivity contribution in [3.63, 3.8) is 0 Å². The first-order valence-corrected chi connectivity index (χ1v) is 6.39. The second-order valence-electron chi connectivity index (χ2n) is 4.52. The molecule has 0 saturated heterocycles. The molecule has 0 saturated carbocycles. The quantitative estimate of drug-likeness (QED) is 0.695. The first-order chi connectivity index (χ1) is 9.16. The van der Waals surface area contributed by atoms with Crippen LogP contribution in [0, 0.1) is 12.7 Å². The predicted molar refractivity (Wildman–Crippen MR) is 75.0 cm³/mol. The van der Waals surface area contributed by atoms with Gasteiger partial charge in [0.05, 0.1) is 5.52 Å². The smallest absolute Gasteiger partial charge is 0.138 e. The molecule has 0 spiro atoms. The molecule has 2 aromatic heterocycles. The molecule has 0 amide bonds. The summed E-state index contributed by atoms with van der Waals surface area (Å²) in [5, 5.41) is 1.33. The van der Waals surface area contributed by atoms with Crippen LogP contribution in [0.3, 0.4) is 0 Å². The van der Waals surface area contributed by atoms with E-state index in [0.29, 0.717) is 17.1 Å². The van der Waals surface area contributed by atoms with Crippen LogP contribution in [-0.2, 0) is 6.42 Å². The number of nitrogens with one attached hydrogen (secondary N) is 1. The van der Waals surface area contributed by atoms with Crippen molar-refractivity contribution >= 4 is 22.5 Å². The average Bonchev–Trinajstić information content (AvgIpc) is 2.70. The number of nitrogens with zero attached hydrogens (tertiary/aromatic N) is 1. The number of halogens is 2. The number of hydrogen-bond donors (Lipinski definition) is 1. The van der Waals surface area contributed by atoms with Gasteiger partial charge >= 0.3 is 0 Å². The van der Waals surface area contributed by atoms with E-state index < -0.39 is 0 Å². The molecule has 96 valence electrons. The second-order valence-corrected chi connectivity index (χ2v) is 4.88. The number of aromatic amines is 1. The summed E-state index contributed by atoms with van der Waals surface area (Å²) >= 11 is 6.16. The topological polar surface area (TPSA) is 28.7 Å². The maximum absolute atomic E-state index is 13.8. The number of pyridine rings is 1. The molecule has 0 unspecified atom stereocenters. The third-order valence-corrected chi connectivity index (χ3v) is 3.59. The van der Waals surface area contributed by atoms with Gasteiger partial charge in [0.15, 0.2) is 0 Å². The van der Waals surface area contributed by atoms with Crippen molar-refractivity contribution in [1.29, 1.82) is 0 Å². The van der Waals surface area contributed by atoms with Crippen molar-refractivity contribution in [2.45, 2.75) is 13.3 Å². The van der Waals surface area contributed by atoms with E-state index in [1.54, 1.807) is 18.3 Å². The Balaban J connectivity index is 2.16. The van der Waals surface area contributed by atoms with Gasteiger partial charge in [-0.3, -0.25) is 0 Å². The first-order valence-electron chi connectivity index (χ1n) is 6.02. The van der Waals surface area contributed by atoms with Gasteiger partial charge in [0.25, 0.3) is 0 Å². The van der Waals surface area contributed by atoms with E-state index in [0.717, 1.165) is 22.2 Å². The molecule has 1 aromatic carbocycles. The molecular weight excluding hydrogens is 263 g/mol. The average molecular weight is 275 g/mol. The summed E-state index contributed by atoms with van der Waals surface area (Å²) in [5.41, 5.74) is 3.58. The summed E-state index contributed by atoms with van der Waals surface area (Å²) < 4.78 is 13.8. The normalized spacial score (nSPS) is 11.1. The third-order valence-electron chi connectivity index (χ3n) is 3.31. The summed E-state index contributed by atoms with van der Waals surface area (Å²) in [6, 6.07) is 8.66. The highest BCUT2D eigenvalue weighted by atomic mass is 35.5. The van der Waals surface area contributed by atoms with Gasteiger partial charge in [0.2, 0.25) is 0 Å². The van der Waals surface area contributed by atoms with E-state index in [9.17, 15) is 4.39 Å². The highest BCUT2D eigenvalue weighted by molar-refractivity contribution is 6.34. The van der Waals surface area contributed by atoms with Gasteiger partial charge in [-0.25, -0.2) is 9.37 Å². The highest BCUT2D eigenvalue weighted by Gasteiger charge is 2.14. The lowest BCUT2D eigenvalue weighted by molar-refractivity contribution is 0.614. The second kappa shape index (κ2) is 4.67. The van der Waals surface area contributed by atoms with Gasteiger partial charge in [0, 0.05) is 23.7 Å². The van der Waals surface area contributed by atoms with Crippen molar-refractivity contribution in [3.05, 3.63) is 64.3 Å². The van der Waals surface area contributed by atoms with Crippen LogP contribution in [0.2, 0.25) is 5.15 Å². The molecule has 0 aliphatic rings. The first kappa shape index (κ1) is 12.2. The molecule has 1 N–H and O–H groups in total. The minimum Gasteiger partial charge on any atom is -0.358 e. The number of hydrogen-bond acceptors (Lipinski definition) is 1. The molecule has 3 aromatic rings. The lowest BCUT2D eigenvalue weighted by Gasteiger charge is -2.04. The fraction of sp³-hybridized carbons (Fsp3) is 0.133. The van der Waals surface area contributed by atoms with Gasteiger partial charge in [-0.15, -0.1) is 0 Å². The van der Waals surface area contributed by atoms with Crippen molar-refractivity contribution < 1.29 is 4.39 Å². The summed E-state index contributed by atoms with van der Waals surface area (Å²) in [5.74, 6) is -0.198. The minimum atomic E-state index is -0.198. The highest BCUT2D eigenvalue weighted by Crippen LogP contribution is 2.29. The number of benzene rings is 1. The molecular formula is C15H12ClFN2. The Morgan fingerprint density at radius 2 is 2.05 bits per heavy atom. The lowest BCUT2D eigenvalue weighted by atomic mass is 10.0. The van der Waals surface area contributed by atoms with E-state index in [-0.39, 0.29) is 5.82 Å². The zero-order valence-corrected chi connectivity index (χ0v) is 11.1. The molecule has 0 fully saturated rings.